The second-order valence-electron chi connectivity index (χ2n) is 5.02. The Morgan fingerprint density at radius 3 is 2.74 bits per heavy atom. The van der Waals surface area contributed by atoms with E-state index < -0.39 is 16.4 Å². The molecule has 1 aliphatic rings. The van der Waals surface area contributed by atoms with E-state index in [-0.39, 0.29) is 17.8 Å². The van der Waals surface area contributed by atoms with Crippen molar-refractivity contribution in [3.8, 4) is 0 Å². The second-order valence-corrected chi connectivity index (χ2v) is 5.02. The van der Waals surface area contributed by atoms with E-state index in [9.17, 15) is 20.0 Å². The smallest absolute Gasteiger partial charge is 0.273 e. The third kappa shape index (κ3) is 2.90. The molecule has 0 heterocycles. The molecule has 1 aromatic carbocycles. The molecule has 2 N–H and O–H groups in total. The van der Waals surface area contributed by atoms with Crippen LogP contribution in [0.2, 0.25) is 0 Å². The Bertz CT molecular complexity index is 523. The summed E-state index contributed by atoms with van der Waals surface area (Å²) in [5.41, 5.74) is -0.124. The quantitative estimate of drug-likeness (QED) is 0.637. The van der Waals surface area contributed by atoms with Gasteiger partial charge in [0.2, 0.25) is 0 Å². The number of carbonyl (C=O) groups excluding carboxylic acids is 1. The van der Waals surface area contributed by atoms with Crippen LogP contribution in [0.1, 0.15) is 35.2 Å². The van der Waals surface area contributed by atoms with Crippen LogP contribution in [0.3, 0.4) is 0 Å². The maximum atomic E-state index is 11.9. The maximum absolute atomic E-state index is 11.9. The molecular weight excluding hydrogens is 248 g/mol. The van der Waals surface area contributed by atoms with Crippen molar-refractivity contribution in [2.45, 2.75) is 31.8 Å². The molecule has 0 radical (unpaired) electrons. The molecule has 102 valence electrons. The fourth-order valence-electron chi connectivity index (χ4n) is 2.06. The summed E-state index contributed by atoms with van der Waals surface area (Å²) in [4.78, 5) is 22.2. The van der Waals surface area contributed by atoms with Crippen LogP contribution in [0.5, 0.6) is 0 Å². The molecule has 1 aliphatic carbocycles. The Hall–Kier alpha value is -1.95. The summed E-state index contributed by atoms with van der Waals surface area (Å²) in [5, 5.41) is 23.3. The van der Waals surface area contributed by atoms with Gasteiger partial charge in [-0.2, -0.15) is 0 Å². The number of aryl methyl sites for hydroxylation is 1. The first-order valence-electron chi connectivity index (χ1n) is 6.17. The lowest BCUT2D eigenvalue weighted by atomic mass is 9.80. The molecule has 1 saturated carbocycles. The number of benzene rings is 1. The van der Waals surface area contributed by atoms with E-state index >= 15 is 0 Å². The van der Waals surface area contributed by atoms with Gasteiger partial charge in [0.15, 0.2) is 0 Å². The molecule has 0 spiro atoms. The van der Waals surface area contributed by atoms with Gasteiger partial charge in [0.1, 0.15) is 0 Å². The molecule has 6 heteroatoms. The number of nitro groups is 1. The number of nitrogens with zero attached hydrogens (tertiary/aromatic N) is 1. The normalized spacial score (nSPS) is 16.5. The Balaban J connectivity index is 2.06. The molecule has 0 bridgehead atoms. The van der Waals surface area contributed by atoms with E-state index in [1.165, 1.54) is 6.07 Å². The van der Waals surface area contributed by atoms with Crippen LogP contribution < -0.4 is 5.32 Å². The zero-order valence-electron chi connectivity index (χ0n) is 10.7. The number of hydrogen-bond acceptors (Lipinski definition) is 4. The van der Waals surface area contributed by atoms with Crippen LogP contribution in [-0.2, 0) is 0 Å². The molecule has 1 amide bonds. The highest BCUT2D eigenvalue weighted by Crippen LogP contribution is 2.30. The van der Waals surface area contributed by atoms with Crippen LogP contribution in [0.4, 0.5) is 5.69 Å². The van der Waals surface area contributed by atoms with Crippen molar-refractivity contribution >= 4 is 11.6 Å². The van der Waals surface area contributed by atoms with Gasteiger partial charge in [-0.3, -0.25) is 14.9 Å². The monoisotopic (exact) mass is 264 g/mol. The second kappa shape index (κ2) is 4.97. The maximum Gasteiger partial charge on any atom is 0.273 e. The van der Waals surface area contributed by atoms with Crippen molar-refractivity contribution < 1.29 is 14.8 Å². The molecule has 1 fully saturated rings. The van der Waals surface area contributed by atoms with E-state index in [4.69, 9.17) is 0 Å². The highest BCUT2D eigenvalue weighted by molar-refractivity contribution is 5.95. The SMILES string of the molecule is Cc1ccc(C(=O)NCC2(O)CCC2)cc1[N+](=O)[O-]. The van der Waals surface area contributed by atoms with Crippen LogP contribution in [0.15, 0.2) is 18.2 Å². The van der Waals surface area contributed by atoms with E-state index in [0.717, 1.165) is 6.42 Å². The van der Waals surface area contributed by atoms with Gasteiger partial charge in [0.25, 0.3) is 11.6 Å². The van der Waals surface area contributed by atoms with Crippen molar-refractivity contribution in [3.05, 3.63) is 39.4 Å². The predicted molar refractivity (Wildman–Crippen MR) is 69.0 cm³/mol. The number of nitrogens with one attached hydrogen (secondary N) is 1. The summed E-state index contributed by atoms with van der Waals surface area (Å²) < 4.78 is 0. The molecule has 2 rings (SSSR count). The Kier molecular flexibility index (Phi) is 3.53. The lowest BCUT2D eigenvalue weighted by molar-refractivity contribution is -0.385. The molecule has 19 heavy (non-hydrogen) atoms. The zero-order valence-corrected chi connectivity index (χ0v) is 10.7. The van der Waals surface area contributed by atoms with Gasteiger partial charge in [-0.25, -0.2) is 0 Å². The first-order valence-corrected chi connectivity index (χ1v) is 6.17. The summed E-state index contributed by atoms with van der Waals surface area (Å²) in [6.07, 6.45) is 2.32. The topological polar surface area (TPSA) is 92.5 Å². The molecule has 0 aromatic heterocycles. The van der Waals surface area contributed by atoms with Gasteiger partial charge in [-0.15, -0.1) is 0 Å². The number of hydrogen-bond donors (Lipinski definition) is 2. The fraction of sp³-hybridized carbons (Fsp3) is 0.462. The van der Waals surface area contributed by atoms with Crippen molar-refractivity contribution in [3.63, 3.8) is 0 Å². The summed E-state index contributed by atoms with van der Waals surface area (Å²) >= 11 is 0. The minimum absolute atomic E-state index is 0.0741. The first-order chi connectivity index (χ1) is 8.91. The van der Waals surface area contributed by atoms with Crippen LogP contribution in [-0.4, -0.2) is 28.1 Å². The minimum Gasteiger partial charge on any atom is -0.388 e. The van der Waals surface area contributed by atoms with Crippen molar-refractivity contribution in [2.75, 3.05) is 6.54 Å². The third-order valence-corrected chi connectivity index (χ3v) is 3.53. The third-order valence-electron chi connectivity index (χ3n) is 3.53. The van der Waals surface area contributed by atoms with Gasteiger partial charge in [-0.1, -0.05) is 6.07 Å². The first kappa shape index (κ1) is 13.5. The summed E-state index contributed by atoms with van der Waals surface area (Å²) in [5.74, 6) is -0.400. The zero-order chi connectivity index (χ0) is 14.0. The van der Waals surface area contributed by atoms with Crippen molar-refractivity contribution in [2.24, 2.45) is 0 Å². The Morgan fingerprint density at radius 2 is 2.21 bits per heavy atom. The van der Waals surface area contributed by atoms with Crippen molar-refractivity contribution in [1.82, 2.24) is 5.32 Å². The molecule has 0 atom stereocenters. The fourth-order valence-corrected chi connectivity index (χ4v) is 2.06. The van der Waals surface area contributed by atoms with E-state index in [1.54, 1.807) is 19.1 Å². The van der Waals surface area contributed by atoms with Crippen LogP contribution in [0.25, 0.3) is 0 Å². The average Bonchev–Trinajstić information content (AvgIpc) is 2.33. The highest BCUT2D eigenvalue weighted by Gasteiger charge is 2.34. The average molecular weight is 264 g/mol. The van der Waals surface area contributed by atoms with E-state index in [2.05, 4.69) is 5.32 Å². The van der Waals surface area contributed by atoms with Crippen LogP contribution in [0, 0.1) is 17.0 Å². The molecular formula is C13H16N2O4. The number of amides is 1. The number of nitro benzene ring substituents is 1. The van der Waals surface area contributed by atoms with Gasteiger partial charge in [0, 0.05) is 23.7 Å². The van der Waals surface area contributed by atoms with E-state index in [0.29, 0.717) is 18.4 Å². The summed E-state index contributed by atoms with van der Waals surface area (Å²) in [6.45, 7) is 1.81. The standard InChI is InChI=1S/C13H16N2O4/c1-9-3-4-10(7-11(9)15(18)19)12(16)14-8-13(17)5-2-6-13/h3-4,7,17H,2,5-6,8H2,1H3,(H,14,16). The lowest BCUT2D eigenvalue weighted by Crippen LogP contribution is -2.47. The number of carbonyl (C=O) groups is 1. The minimum atomic E-state index is -0.799. The predicted octanol–water partition coefficient (Wildman–Crippen LogP) is 1.55. The van der Waals surface area contributed by atoms with Crippen LogP contribution >= 0.6 is 0 Å². The summed E-state index contributed by atoms with van der Waals surface area (Å²) in [7, 11) is 0. The van der Waals surface area contributed by atoms with Crippen molar-refractivity contribution in [1.29, 1.82) is 0 Å². The van der Waals surface area contributed by atoms with Gasteiger partial charge in [-0.05, 0) is 32.3 Å². The molecule has 0 saturated heterocycles. The molecule has 1 aromatic rings. The largest absolute Gasteiger partial charge is 0.388 e. The molecule has 6 nitrogen and oxygen atoms in total. The summed E-state index contributed by atoms with van der Waals surface area (Å²) in [6, 6.07) is 4.35. The number of rotatable bonds is 4. The Labute approximate surface area is 110 Å². The molecule has 0 unspecified atom stereocenters. The Morgan fingerprint density at radius 1 is 1.53 bits per heavy atom. The van der Waals surface area contributed by atoms with Gasteiger partial charge >= 0.3 is 0 Å². The van der Waals surface area contributed by atoms with E-state index in [1.807, 2.05) is 0 Å². The molecule has 0 aliphatic heterocycles. The lowest BCUT2D eigenvalue weighted by Gasteiger charge is -2.36. The van der Waals surface area contributed by atoms with Gasteiger partial charge < -0.3 is 10.4 Å². The highest BCUT2D eigenvalue weighted by atomic mass is 16.6. The van der Waals surface area contributed by atoms with Gasteiger partial charge in [0.05, 0.1) is 10.5 Å². The number of aliphatic hydroxyl groups is 1.